The summed E-state index contributed by atoms with van der Waals surface area (Å²) >= 11 is 8.25. The molecule has 2 nitrogen and oxygen atoms in total. The number of hydrogen-bond donors (Lipinski definition) is 2. The summed E-state index contributed by atoms with van der Waals surface area (Å²) in [7, 11) is 0. The topological polar surface area (TPSA) is 38.0 Å². The van der Waals surface area contributed by atoms with E-state index in [0.29, 0.717) is 11.3 Å². The quantitative estimate of drug-likeness (QED) is 0.824. The van der Waals surface area contributed by atoms with Gasteiger partial charge in [0.15, 0.2) is 0 Å². The van der Waals surface area contributed by atoms with Gasteiger partial charge in [0.2, 0.25) is 0 Å². The average Bonchev–Trinajstić information content (AvgIpc) is 2.34. The molecule has 0 unspecified atom stereocenters. The van der Waals surface area contributed by atoms with Gasteiger partial charge >= 0.3 is 0 Å². The normalized spacial score (nSPS) is 10.3. The van der Waals surface area contributed by atoms with Gasteiger partial charge in [-0.05, 0) is 30.3 Å². The summed E-state index contributed by atoms with van der Waals surface area (Å²) in [5, 5.41) is 2.85. The molecule has 19 heavy (non-hydrogen) atoms. The van der Waals surface area contributed by atoms with Crippen LogP contribution in [0.2, 0.25) is 0 Å². The first kappa shape index (κ1) is 13.9. The van der Waals surface area contributed by atoms with E-state index >= 15 is 0 Å². The van der Waals surface area contributed by atoms with Crippen molar-refractivity contribution in [3.05, 3.63) is 58.1 Å². The molecule has 0 aromatic heterocycles. The van der Waals surface area contributed by atoms with E-state index < -0.39 is 11.6 Å². The molecule has 0 aliphatic rings. The Hall–Kier alpha value is -1.53. The van der Waals surface area contributed by atoms with Crippen molar-refractivity contribution in [1.82, 2.24) is 0 Å². The monoisotopic (exact) mass is 342 g/mol. The first-order valence-corrected chi connectivity index (χ1v) is 6.49. The van der Waals surface area contributed by atoms with E-state index in [2.05, 4.69) is 21.2 Å². The Labute approximate surface area is 122 Å². The van der Waals surface area contributed by atoms with Crippen LogP contribution in [0.5, 0.6) is 0 Å². The van der Waals surface area contributed by atoms with Crippen molar-refractivity contribution in [2.75, 3.05) is 5.32 Å². The van der Waals surface area contributed by atoms with E-state index in [1.165, 1.54) is 12.1 Å². The molecule has 0 radical (unpaired) electrons. The van der Waals surface area contributed by atoms with Gasteiger partial charge in [-0.25, -0.2) is 8.78 Å². The lowest BCUT2D eigenvalue weighted by molar-refractivity contribution is 0.586. The van der Waals surface area contributed by atoms with E-state index in [1.54, 1.807) is 18.2 Å². The van der Waals surface area contributed by atoms with E-state index in [9.17, 15) is 8.78 Å². The number of rotatable bonds is 3. The fourth-order valence-corrected chi connectivity index (χ4v) is 2.10. The second-order valence-electron chi connectivity index (χ2n) is 3.80. The van der Waals surface area contributed by atoms with E-state index in [1.807, 2.05) is 0 Å². The Morgan fingerprint density at radius 3 is 2.42 bits per heavy atom. The van der Waals surface area contributed by atoms with Gasteiger partial charge in [0.1, 0.15) is 16.6 Å². The third kappa shape index (κ3) is 3.27. The zero-order valence-electron chi connectivity index (χ0n) is 9.58. The number of anilines is 2. The van der Waals surface area contributed by atoms with Crippen molar-refractivity contribution in [1.29, 1.82) is 0 Å². The summed E-state index contributed by atoms with van der Waals surface area (Å²) in [4.78, 5) is 0.186. The van der Waals surface area contributed by atoms with Crippen molar-refractivity contribution in [3.63, 3.8) is 0 Å². The first-order chi connectivity index (χ1) is 8.97. The summed E-state index contributed by atoms with van der Waals surface area (Å²) in [5.74, 6) is -1.31. The highest BCUT2D eigenvalue weighted by Crippen LogP contribution is 2.26. The minimum absolute atomic E-state index is 0.154. The first-order valence-electron chi connectivity index (χ1n) is 5.29. The molecule has 2 rings (SSSR count). The molecule has 0 saturated heterocycles. The molecule has 98 valence electrons. The summed E-state index contributed by atoms with van der Waals surface area (Å²) in [6, 6.07) is 8.50. The fraction of sp³-hybridized carbons (Fsp3) is 0. The van der Waals surface area contributed by atoms with Gasteiger partial charge in [-0.15, -0.1) is 0 Å². The lowest BCUT2D eigenvalue weighted by Crippen LogP contribution is -2.12. The lowest BCUT2D eigenvalue weighted by Gasteiger charge is -2.12. The predicted octanol–water partition coefficient (Wildman–Crippen LogP) is 4.11. The summed E-state index contributed by atoms with van der Waals surface area (Å²) < 4.78 is 27.2. The Morgan fingerprint density at radius 1 is 1.11 bits per heavy atom. The van der Waals surface area contributed by atoms with Crippen LogP contribution in [0.1, 0.15) is 5.56 Å². The maximum atomic E-state index is 13.6. The molecule has 3 N–H and O–H groups in total. The molecular weight excluding hydrogens is 334 g/mol. The lowest BCUT2D eigenvalue weighted by atomic mass is 10.1. The third-order valence-corrected chi connectivity index (χ3v) is 3.16. The SMILES string of the molecule is NC(=S)c1cc(Br)ccc1Nc1ccc(F)cc1F. The highest BCUT2D eigenvalue weighted by Gasteiger charge is 2.09. The Kier molecular flexibility index (Phi) is 4.11. The summed E-state index contributed by atoms with van der Waals surface area (Å²) in [6.45, 7) is 0. The second-order valence-corrected chi connectivity index (χ2v) is 5.16. The molecule has 0 fully saturated rings. The van der Waals surface area contributed by atoms with Crippen LogP contribution < -0.4 is 11.1 Å². The molecule has 0 heterocycles. The minimum Gasteiger partial charge on any atom is -0.389 e. The van der Waals surface area contributed by atoms with E-state index in [4.69, 9.17) is 18.0 Å². The predicted molar refractivity (Wildman–Crippen MR) is 79.7 cm³/mol. The molecule has 0 spiro atoms. The van der Waals surface area contributed by atoms with Gasteiger partial charge in [0, 0.05) is 21.8 Å². The van der Waals surface area contributed by atoms with Crippen LogP contribution in [0.15, 0.2) is 40.9 Å². The molecule has 0 saturated carbocycles. The van der Waals surface area contributed by atoms with Crippen LogP contribution in [0, 0.1) is 11.6 Å². The fourth-order valence-electron chi connectivity index (χ4n) is 1.57. The van der Waals surface area contributed by atoms with Crippen LogP contribution in [0.25, 0.3) is 0 Å². The summed E-state index contributed by atoms with van der Waals surface area (Å²) in [6.07, 6.45) is 0. The number of thiocarbonyl (C=S) groups is 1. The van der Waals surface area contributed by atoms with Gasteiger partial charge in [-0.3, -0.25) is 0 Å². The van der Waals surface area contributed by atoms with Crippen molar-refractivity contribution in [2.24, 2.45) is 5.73 Å². The zero-order chi connectivity index (χ0) is 14.0. The van der Waals surface area contributed by atoms with Crippen molar-refractivity contribution >= 4 is 44.5 Å². The van der Waals surface area contributed by atoms with Crippen LogP contribution in [-0.4, -0.2) is 4.99 Å². The standard InChI is InChI=1S/C13H9BrF2N2S/c14-7-1-3-11(9(5-7)13(17)19)18-12-4-2-8(15)6-10(12)16/h1-6,18H,(H2,17,19). The number of benzene rings is 2. The highest BCUT2D eigenvalue weighted by atomic mass is 79.9. The van der Waals surface area contributed by atoms with Gasteiger partial charge in [0.05, 0.1) is 5.69 Å². The van der Waals surface area contributed by atoms with Gasteiger partial charge < -0.3 is 11.1 Å². The van der Waals surface area contributed by atoms with E-state index in [-0.39, 0.29) is 10.7 Å². The molecular formula is C13H9BrF2N2S. The van der Waals surface area contributed by atoms with Crippen molar-refractivity contribution in [3.8, 4) is 0 Å². The number of hydrogen-bond acceptors (Lipinski definition) is 2. The minimum atomic E-state index is -0.684. The molecule has 0 atom stereocenters. The van der Waals surface area contributed by atoms with Crippen molar-refractivity contribution in [2.45, 2.75) is 0 Å². The maximum Gasteiger partial charge on any atom is 0.149 e. The molecule has 0 aliphatic heterocycles. The van der Waals surface area contributed by atoms with Crippen LogP contribution in [0.4, 0.5) is 20.2 Å². The van der Waals surface area contributed by atoms with Gasteiger partial charge in [-0.1, -0.05) is 28.1 Å². The summed E-state index contributed by atoms with van der Waals surface area (Å²) in [5.41, 5.74) is 6.90. The third-order valence-electron chi connectivity index (χ3n) is 2.45. The molecule has 2 aromatic carbocycles. The molecule has 0 amide bonds. The second kappa shape index (κ2) is 5.63. The molecule has 0 aliphatic carbocycles. The van der Waals surface area contributed by atoms with Crippen LogP contribution in [-0.2, 0) is 0 Å². The van der Waals surface area contributed by atoms with Crippen LogP contribution in [0.3, 0.4) is 0 Å². The number of halogens is 3. The molecule has 6 heteroatoms. The average molecular weight is 343 g/mol. The van der Waals surface area contributed by atoms with Gasteiger partial charge in [-0.2, -0.15) is 0 Å². The zero-order valence-corrected chi connectivity index (χ0v) is 12.0. The number of nitrogens with two attached hydrogens (primary N) is 1. The Bertz CT molecular complexity index is 647. The largest absolute Gasteiger partial charge is 0.389 e. The van der Waals surface area contributed by atoms with E-state index in [0.717, 1.165) is 10.5 Å². The Morgan fingerprint density at radius 2 is 1.79 bits per heavy atom. The smallest absolute Gasteiger partial charge is 0.149 e. The number of nitrogens with one attached hydrogen (secondary N) is 1. The van der Waals surface area contributed by atoms with Crippen molar-refractivity contribution < 1.29 is 8.78 Å². The molecule has 0 bridgehead atoms. The maximum absolute atomic E-state index is 13.6. The van der Waals surface area contributed by atoms with Gasteiger partial charge in [0.25, 0.3) is 0 Å². The highest BCUT2D eigenvalue weighted by molar-refractivity contribution is 9.10. The van der Waals surface area contributed by atoms with Crippen LogP contribution >= 0.6 is 28.1 Å². The molecule has 2 aromatic rings. The Balaban J connectivity index is 2.40.